The van der Waals surface area contributed by atoms with Crippen LogP contribution in [0.15, 0.2) is 30.5 Å². The molecule has 3 rings (SSSR count). The number of halogens is 1. The van der Waals surface area contributed by atoms with Crippen LogP contribution in [0.4, 0.5) is 0 Å². The Morgan fingerprint density at radius 2 is 1.96 bits per heavy atom. The molecule has 0 atom stereocenters. The van der Waals surface area contributed by atoms with E-state index in [2.05, 4.69) is 22.0 Å². The van der Waals surface area contributed by atoms with E-state index in [0.717, 1.165) is 29.7 Å². The van der Waals surface area contributed by atoms with Crippen molar-refractivity contribution in [1.82, 2.24) is 19.7 Å². The number of aryl methyl sites for hydroxylation is 1. The first-order valence-electron chi connectivity index (χ1n) is 7.36. The normalized spacial score (nSPS) is 10.9. The topological polar surface area (TPSA) is 62.1 Å². The number of aromatic nitrogens is 4. The predicted molar refractivity (Wildman–Crippen MR) is 88.0 cm³/mol. The molecule has 0 aliphatic rings. The first-order valence-corrected chi connectivity index (χ1v) is 7.74. The molecule has 0 radical (unpaired) electrons. The summed E-state index contributed by atoms with van der Waals surface area (Å²) in [7, 11) is 1.64. The van der Waals surface area contributed by atoms with E-state index in [1.54, 1.807) is 13.3 Å². The van der Waals surface area contributed by atoms with E-state index in [1.165, 1.54) is 0 Å². The molecule has 23 heavy (non-hydrogen) atoms. The number of rotatable bonds is 6. The van der Waals surface area contributed by atoms with Crippen molar-refractivity contribution in [1.29, 1.82) is 0 Å². The zero-order valence-corrected chi connectivity index (χ0v) is 13.7. The second-order valence-corrected chi connectivity index (χ2v) is 5.38. The molecule has 120 valence electrons. The molecule has 6 nitrogen and oxygen atoms in total. The first kappa shape index (κ1) is 15.6. The Balaban J connectivity index is 1.84. The maximum absolute atomic E-state index is 6.01. The smallest absolute Gasteiger partial charge is 0.229 e. The molecule has 0 N–H and O–H groups in total. The number of nitrogens with zero attached hydrogens (tertiary/aromatic N) is 4. The number of methoxy groups -OCH3 is 1. The van der Waals surface area contributed by atoms with Gasteiger partial charge in [-0.1, -0.05) is 19.1 Å². The zero-order valence-electron chi connectivity index (χ0n) is 13.0. The van der Waals surface area contributed by atoms with Crippen molar-refractivity contribution in [3.63, 3.8) is 0 Å². The van der Waals surface area contributed by atoms with Gasteiger partial charge in [0.2, 0.25) is 11.2 Å². The Labute approximate surface area is 139 Å². The van der Waals surface area contributed by atoms with Crippen LogP contribution >= 0.6 is 11.6 Å². The Morgan fingerprint density at radius 3 is 2.65 bits per heavy atom. The largest absolute Gasteiger partial charge is 0.497 e. The summed E-state index contributed by atoms with van der Waals surface area (Å²) in [6.45, 7) is 3.23. The number of ether oxygens (including phenoxy) is 2. The molecule has 7 heteroatoms. The van der Waals surface area contributed by atoms with Gasteiger partial charge < -0.3 is 9.47 Å². The maximum Gasteiger partial charge on any atom is 0.229 e. The minimum atomic E-state index is 0.153. The summed E-state index contributed by atoms with van der Waals surface area (Å²) in [5, 5.41) is 5.24. The van der Waals surface area contributed by atoms with Crippen LogP contribution in [0.5, 0.6) is 11.6 Å². The summed E-state index contributed by atoms with van der Waals surface area (Å²) < 4.78 is 12.8. The van der Waals surface area contributed by atoms with Crippen molar-refractivity contribution in [2.75, 3.05) is 7.11 Å². The fourth-order valence-corrected chi connectivity index (χ4v) is 2.42. The molecule has 3 aromatic rings. The lowest BCUT2D eigenvalue weighted by molar-refractivity contribution is 0.297. The lowest BCUT2D eigenvalue weighted by atomic mass is 10.2. The zero-order chi connectivity index (χ0) is 16.2. The second kappa shape index (κ2) is 6.83. The van der Waals surface area contributed by atoms with Crippen LogP contribution in [0.25, 0.3) is 11.0 Å². The molecule has 0 saturated carbocycles. The highest BCUT2D eigenvalue weighted by atomic mass is 35.5. The van der Waals surface area contributed by atoms with E-state index in [0.29, 0.717) is 18.1 Å². The molecule has 0 aliphatic heterocycles. The average molecular weight is 333 g/mol. The van der Waals surface area contributed by atoms with Crippen molar-refractivity contribution in [3.8, 4) is 11.6 Å². The maximum atomic E-state index is 6.01. The van der Waals surface area contributed by atoms with Crippen molar-refractivity contribution >= 4 is 22.6 Å². The van der Waals surface area contributed by atoms with Gasteiger partial charge in [0.1, 0.15) is 17.7 Å². The Bertz CT molecular complexity index is 802. The van der Waals surface area contributed by atoms with Crippen LogP contribution in [-0.2, 0) is 13.2 Å². The van der Waals surface area contributed by atoms with Gasteiger partial charge in [0.05, 0.1) is 13.3 Å². The van der Waals surface area contributed by atoms with Gasteiger partial charge in [0.15, 0.2) is 5.65 Å². The van der Waals surface area contributed by atoms with Crippen LogP contribution in [0, 0.1) is 0 Å². The van der Waals surface area contributed by atoms with Gasteiger partial charge in [0, 0.05) is 6.54 Å². The molecule has 0 fully saturated rings. The average Bonchev–Trinajstić information content (AvgIpc) is 2.96. The van der Waals surface area contributed by atoms with Gasteiger partial charge in [-0.2, -0.15) is 15.1 Å². The molecule has 0 amide bonds. The molecule has 1 aromatic carbocycles. The van der Waals surface area contributed by atoms with Crippen LogP contribution in [0.3, 0.4) is 0 Å². The molecular formula is C16H17ClN4O2. The summed E-state index contributed by atoms with van der Waals surface area (Å²) in [5.74, 6) is 1.25. The molecule has 0 bridgehead atoms. The predicted octanol–water partition coefficient (Wildman–Crippen LogP) is 3.48. The van der Waals surface area contributed by atoms with Crippen molar-refractivity contribution < 1.29 is 9.47 Å². The lowest BCUT2D eigenvalue weighted by Gasteiger charge is -2.08. The molecule has 0 unspecified atom stereocenters. The summed E-state index contributed by atoms with van der Waals surface area (Å²) in [6.07, 6.45) is 2.67. The third-order valence-electron chi connectivity index (χ3n) is 3.40. The number of hydrogen-bond donors (Lipinski definition) is 0. The highest BCUT2D eigenvalue weighted by molar-refractivity contribution is 6.28. The molecule has 0 saturated heterocycles. The van der Waals surface area contributed by atoms with Gasteiger partial charge in [0.25, 0.3) is 0 Å². The highest BCUT2D eigenvalue weighted by Crippen LogP contribution is 2.25. The van der Waals surface area contributed by atoms with E-state index >= 15 is 0 Å². The highest BCUT2D eigenvalue weighted by Gasteiger charge is 2.13. The Kier molecular flexibility index (Phi) is 4.62. The van der Waals surface area contributed by atoms with Crippen LogP contribution in [0.1, 0.15) is 18.9 Å². The minimum absolute atomic E-state index is 0.153. The molecular weight excluding hydrogens is 316 g/mol. The van der Waals surface area contributed by atoms with Gasteiger partial charge in [-0.05, 0) is 35.7 Å². The van der Waals surface area contributed by atoms with Crippen LogP contribution in [0.2, 0.25) is 5.28 Å². The summed E-state index contributed by atoms with van der Waals surface area (Å²) in [5.41, 5.74) is 1.70. The van der Waals surface area contributed by atoms with Gasteiger partial charge >= 0.3 is 0 Å². The van der Waals surface area contributed by atoms with Gasteiger partial charge in [-0.25, -0.2) is 4.68 Å². The van der Waals surface area contributed by atoms with Crippen LogP contribution < -0.4 is 9.47 Å². The fraction of sp³-hybridized carbons (Fsp3) is 0.312. The van der Waals surface area contributed by atoms with Gasteiger partial charge in [-0.15, -0.1) is 0 Å². The van der Waals surface area contributed by atoms with E-state index in [-0.39, 0.29) is 5.28 Å². The first-order chi connectivity index (χ1) is 11.2. The van der Waals surface area contributed by atoms with E-state index < -0.39 is 0 Å². The van der Waals surface area contributed by atoms with Crippen molar-refractivity contribution in [2.24, 2.45) is 0 Å². The van der Waals surface area contributed by atoms with Crippen molar-refractivity contribution in [3.05, 3.63) is 41.3 Å². The standard InChI is InChI=1S/C16H17ClN4O2/c1-3-8-21-14-13(9-18-21)15(20-16(17)19-14)23-10-11-4-6-12(22-2)7-5-11/h4-7,9H,3,8,10H2,1-2H3. The summed E-state index contributed by atoms with van der Waals surface area (Å²) in [4.78, 5) is 8.43. The number of benzene rings is 1. The van der Waals surface area contributed by atoms with Gasteiger partial charge in [-0.3, -0.25) is 0 Å². The summed E-state index contributed by atoms with van der Waals surface area (Å²) >= 11 is 6.01. The van der Waals surface area contributed by atoms with Crippen molar-refractivity contribution in [2.45, 2.75) is 26.5 Å². The monoisotopic (exact) mass is 332 g/mol. The third kappa shape index (κ3) is 3.37. The molecule has 0 spiro atoms. The Morgan fingerprint density at radius 1 is 1.17 bits per heavy atom. The molecule has 2 heterocycles. The second-order valence-electron chi connectivity index (χ2n) is 5.04. The minimum Gasteiger partial charge on any atom is -0.497 e. The van der Waals surface area contributed by atoms with E-state index in [1.807, 2.05) is 28.9 Å². The lowest BCUT2D eigenvalue weighted by Crippen LogP contribution is -2.02. The SMILES string of the molecule is CCCn1ncc2c(OCc3ccc(OC)cc3)nc(Cl)nc21. The number of hydrogen-bond acceptors (Lipinski definition) is 5. The fourth-order valence-electron chi connectivity index (χ4n) is 2.26. The van der Waals surface area contributed by atoms with E-state index in [9.17, 15) is 0 Å². The van der Waals surface area contributed by atoms with Crippen LogP contribution in [-0.4, -0.2) is 26.9 Å². The molecule has 0 aliphatic carbocycles. The van der Waals surface area contributed by atoms with E-state index in [4.69, 9.17) is 21.1 Å². The quantitative estimate of drug-likeness (QED) is 0.647. The third-order valence-corrected chi connectivity index (χ3v) is 3.57. The number of fused-ring (bicyclic) bond motifs is 1. The summed E-state index contributed by atoms with van der Waals surface area (Å²) in [6, 6.07) is 7.67. The molecule has 2 aromatic heterocycles. The Hall–Kier alpha value is -2.34.